The second-order valence-corrected chi connectivity index (χ2v) is 3.03. The van der Waals surface area contributed by atoms with E-state index < -0.39 is 0 Å². The van der Waals surface area contributed by atoms with Crippen LogP contribution in [0, 0.1) is 0 Å². The molecular formula is C9H12N2. The first-order valence-corrected chi connectivity index (χ1v) is 4.22. The lowest BCUT2D eigenvalue weighted by molar-refractivity contribution is 0.878. The van der Waals surface area contributed by atoms with Crippen molar-refractivity contribution in [3.63, 3.8) is 0 Å². The predicted octanol–water partition coefficient (Wildman–Crippen LogP) is 1.92. The average molecular weight is 148 g/mol. The number of nitrogens with zero attached hydrogens (tertiary/aromatic N) is 2. The van der Waals surface area contributed by atoms with Crippen molar-refractivity contribution in [2.75, 3.05) is 0 Å². The Kier molecular flexibility index (Phi) is 1.60. The summed E-state index contributed by atoms with van der Waals surface area (Å²) in [5.41, 5.74) is 1.17. The third kappa shape index (κ3) is 1.39. The van der Waals surface area contributed by atoms with Crippen LogP contribution in [0.3, 0.4) is 0 Å². The zero-order valence-electron chi connectivity index (χ0n) is 6.75. The summed E-state index contributed by atoms with van der Waals surface area (Å²) in [5.74, 6) is 1.74. The number of hydrogen-bond acceptors (Lipinski definition) is 2. The van der Waals surface area contributed by atoms with E-state index in [0.717, 1.165) is 12.2 Å². The fraction of sp³-hybridized carbons (Fsp3) is 0.556. The molecule has 0 radical (unpaired) electrons. The van der Waals surface area contributed by atoms with Gasteiger partial charge in [0, 0.05) is 17.8 Å². The van der Waals surface area contributed by atoms with Crippen LogP contribution in [-0.2, 0) is 6.42 Å². The zero-order chi connectivity index (χ0) is 7.68. The summed E-state index contributed by atoms with van der Waals surface area (Å²) in [7, 11) is 0. The average Bonchev–Trinajstić information content (AvgIpc) is 2.87. The van der Waals surface area contributed by atoms with Gasteiger partial charge in [-0.3, -0.25) is 0 Å². The second-order valence-electron chi connectivity index (χ2n) is 3.03. The fourth-order valence-corrected chi connectivity index (χ4v) is 1.15. The summed E-state index contributed by atoms with van der Waals surface area (Å²) in [6, 6.07) is 1.99. The van der Waals surface area contributed by atoms with Gasteiger partial charge in [-0.2, -0.15) is 0 Å². The van der Waals surface area contributed by atoms with E-state index in [-0.39, 0.29) is 0 Å². The molecule has 0 spiro atoms. The highest BCUT2D eigenvalue weighted by molar-refractivity contribution is 5.09. The van der Waals surface area contributed by atoms with Gasteiger partial charge in [0.2, 0.25) is 0 Å². The molecule has 1 aliphatic carbocycles. The quantitative estimate of drug-likeness (QED) is 0.640. The normalized spacial score (nSPS) is 16.8. The van der Waals surface area contributed by atoms with Crippen molar-refractivity contribution in [3.8, 4) is 0 Å². The van der Waals surface area contributed by atoms with Crippen LogP contribution in [0.2, 0.25) is 0 Å². The molecule has 0 amide bonds. The van der Waals surface area contributed by atoms with Crippen LogP contribution in [-0.4, -0.2) is 9.97 Å². The summed E-state index contributed by atoms with van der Waals surface area (Å²) in [4.78, 5) is 8.68. The Hall–Kier alpha value is -0.920. The van der Waals surface area contributed by atoms with Gasteiger partial charge in [-0.25, -0.2) is 9.97 Å². The molecule has 0 aromatic carbocycles. The van der Waals surface area contributed by atoms with Gasteiger partial charge in [0.25, 0.3) is 0 Å². The fourth-order valence-electron chi connectivity index (χ4n) is 1.15. The molecule has 2 heteroatoms. The Balaban J connectivity index is 2.26. The molecule has 1 fully saturated rings. The molecule has 0 aliphatic heterocycles. The van der Waals surface area contributed by atoms with Crippen molar-refractivity contribution in [2.24, 2.45) is 0 Å². The summed E-state index contributed by atoms with van der Waals surface area (Å²) in [6.07, 6.45) is 5.46. The van der Waals surface area contributed by atoms with E-state index in [9.17, 15) is 0 Å². The first-order chi connectivity index (χ1) is 5.40. The second kappa shape index (κ2) is 2.61. The van der Waals surface area contributed by atoms with E-state index in [1.807, 2.05) is 12.3 Å². The largest absolute Gasteiger partial charge is 0.241 e. The Morgan fingerprint density at radius 1 is 1.55 bits per heavy atom. The molecule has 0 bridgehead atoms. The molecule has 1 saturated carbocycles. The van der Waals surface area contributed by atoms with Crippen LogP contribution in [0.25, 0.3) is 0 Å². The minimum absolute atomic E-state index is 0.682. The van der Waals surface area contributed by atoms with Crippen LogP contribution in [0.15, 0.2) is 12.3 Å². The Morgan fingerprint density at radius 2 is 2.36 bits per heavy atom. The molecule has 2 nitrogen and oxygen atoms in total. The highest BCUT2D eigenvalue weighted by Gasteiger charge is 2.26. The maximum absolute atomic E-state index is 4.44. The number of hydrogen-bond donors (Lipinski definition) is 0. The summed E-state index contributed by atoms with van der Waals surface area (Å²) >= 11 is 0. The van der Waals surface area contributed by atoms with Crippen molar-refractivity contribution < 1.29 is 0 Å². The highest BCUT2D eigenvalue weighted by atomic mass is 14.9. The van der Waals surface area contributed by atoms with Crippen LogP contribution in [0.4, 0.5) is 0 Å². The number of aromatic nitrogens is 2. The molecule has 0 atom stereocenters. The van der Waals surface area contributed by atoms with E-state index in [0.29, 0.717) is 5.92 Å². The molecule has 1 aliphatic rings. The lowest BCUT2D eigenvalue weighted by Crippen LogP contribution is -1.95. The van der Waals surface area contributed by atoms with Crippen LogP contribution in [0.5, 0.6) is 0 Å². The monoisotopic (exact) mass is 148 g/mol. The maximum atomic E-state index is 4.44. The zero-order valence-corrected chi connectivity index (χ0v) is 6.75. The van der Waals surface area contributed by atoms with E-state index >= 15 is 0 Å². The topological polar surface area (TPSA) is 25.8 Å². The molecule has 1 heterocycles. The Morgan fingerprint density at radius 3 is 3.00 bits per heavy atom. The van der Waals surface area contributed by atoms with Gasteiger partial charge in [0.1, 0.15) is 5.82 Å². The molecule has 0 unspecified atom stereocenters. The van der Waals surface area contributed by atoms with Crippen LogP contribution < -0.4 is 0 Å². The van der Waals surface area contributed by atoms with Crippen molar-refractivity contribution in [2.45, 2.75) is 32.1 Å². The molecule has 58 valence electrons. The van der Waals surface area contributed by atoms with Gasteiger partial charge in [-0.05, 0) is 25.3 Å². The van der Waals surface area contributed by atoms with Crippen LogP contribution in [0.1, 0.15) is 37.2 Å². The van der Waals surface area contributed by atoms with Gasteiger partial charge >= 0.3 is 0 Å². The predicted molar refractivity (Wildman–Crippen MR) is 43.4 cm³/mol. The van der Waals surface area contributed by atoms with E-state index in [1.165, 1.54) is 18.5 Å². The molecule has 0 N–H and O–H groups in total. The Labute approximate surface area is 66.7 Å². The maximum Gasteiger partial charge on any atom is 0.131 e. The van der Waals surface area contributed by atoms with Gasteiger partial charge in [0.05, 0.1) is 0 Å². The number of aryl methyl sites for hydroxylation is 1. The molecule has 1 aromatic heterocycles. The molecular weight excluding hydrogens is 136 g/mol. The lowest BCUT2D eigenvalue weighted by atomic mass is 10.3. The molecule has 2 rings (SSSR count). The first kappa shape index (κ1) is 6.77. The van der Waals surface area contributed by atoms with E-state index in [4.69, 9.17) is 0 Å². The first-order valence-electron chi connectivity index (χ1n) is 4.22. The SMILES string of the molecule is CCc1ccnc(C2CC2)n1. The van der Waals surface area contributed by atoms with E-state index in [2.05, 4.69) is 16.9 Å². The summed E-state index contributed by atoms with van der Waals surface area (Å²) in [6.45, 7) is 2.12. The number of rotatable bonds is 2. The van der Waals surface area contributed by atoms with Crippen molar-refractivity contribution in [1.29, 1.82) is 0 Å². The third-order valence-electron chi connectivity index (χ3n) is 2.04. The highest BCUT2D eigenvalue weighted by Crippen LogP contribution is 2.37. The van der Waals surface area contributed by atoms with Gasteiger partial charge in [-0.15, -0.1) is 0 Å². The van der Waals surface area contributed by atoms with Crippen molar-refractivity contribution in [1.82, 2.24) is 9.97 Å². The smallest absolute Gasteiger partial charge is 0.131 e. The Bertz CT molecular complexity index is 253. The lowest BCUT2D eigenvalue weighted by Gasteiger charge is -1.97. The molecule has 1 aromatic rings. The van der Waals surface area contributed by atoms with Gasteiger partial charge < -0.3 is 0 Å². The molecule has 0 saturated heterocycles. The summed E-state index contributed by atoms with van der Waals surface area (Å²) in [5, 5.41) is 0. The van der Waals surface area contributed by atoms with Crippen LogP contribution >= 0.6 is 0 Å². The van der Waals surface area contributed by atoms with Gasteiger partial charge in [-0.1, -0.05) is 6.92 Å². The minimum Gasteiger partial charge on any atom is -0.241 e. The van der Waals surface area contributed by atoms with Crippen molar-refractivity contribution in [3.05, 3.63) is 23.8 Å². The van der Waals surface area contributed by atoms with E-state index in [1.54, 1.807) is 0 Å². The standard InChI is InChI=1S/C9H12N2/c1-2-8-5-6-10-9(11-8)7-3-4-7/h5-7H,2-4H2,1H3. The third-order valence-corrected chi connectivity index (χ3v) is 2.04. The van der Waals surface area contributed by atoms with Gasteiger partial charge in [0.15, 0.2) is 0 Å². The summed E-state index contributed by atoms with van der Waals surface area (Å²) < 4.78 is 0. The molecule has 11 heavy (non-hydrogen) atoms. The minimum atomic E-state index is 0.682. The van der Waals surface area contributed by atoms with Crippen molar-refractivity contribution >= 4 is 0 Å².